The Balaban J connectivity index is 1.85. The molecule has 3 nitrogen and oxygen atoms in total. The lowest BCUT2D eigenvalue weighted by molar-refractivity contribution is 0.107. The number of hydrogen-bond acceptors (Lipinski definition) is 3. The molecule has 2 aromatic rings. The highest BCUT2D eigenvalue weighted by atomic mass is 19.1. The van der Waals surface area contributed by atoms with Crippen molar-refractivity contribution in [3.8, 4) is 0 Å². The summed E-state index contributed by atoms with van der Waals surface area (Å²) in [6.07, 6.45) is 2.76. The second-order valence-corrected chi connectivity index (χ2v) is 3.75. The van der Waals surface area contributed by atoms with Gasteiger partial charge in [-0.1, -0.05) is 12.1 Å². The molecule has 0 bridgehead atoms. The molecule has 0 aliphatic rings. The Bertz CT molecular complexity index is 485. The largest absolute Gasteiger partial charge is 0.399 e. The molecule has 0 aliphatic heterocycles. The third-order valence-corrected chi connectivity index (χ3v) is 2.28. The summed E-state index contributed by atoms with van der Waals surface area (Å²) in [7, 11) is 0. The number of aromatic nitrogens is 1. The number of nitrogens with zero attached hydrogens (tertiary/aromatic N) is 1. The Morgan fingerprint density at radius 2 is 1.76 bits per heavy atom. The molecule has 1 aromatic heterocycles. The number of nitrogen functional groups attached to an aromatic ring is 1. The number of hydrogen-bond donors (Lipinski definition) is 1. The van der Waals surface area contributed by atoms with Gasteiger partial charge < -0.3 is 10.5 Å². The number of anilines is 1. The van der Waals surface area contributed by atoms with Crippen LogP contribution in [-0.4, -0.2) is 4.98 Å². The zero-order chi connectivity index (χ0) is 12.1. The first kappa shape index (κ1) is 11.5. The fourth-order valence-electron chi connectivity index (χ4n) is 1.44. The van der Waals surface area contributed by atoms with E-state index in [4.69, 9.17) is 10.5 Å². The van der Waals surface area contributed by atoms with Crippen LogP contribution < -0.4 is 5.73 Å². The first-order chi connectivity index (χ1) is 8.24. The molecule has 4 heteroatoms. The van der Waals surface area contributed by atoms with Gasteiger partial charge in [-0.3, -0.25) is 4.98 Å². The minimum absolute atomic E-state index is 0.342. The van der Waals surface area contributed by atoms with E-state index in [1.165, 1.54) is 12.3 Å². The molecule has 0 unspecified atom stereocenters. The van der Waals surface area contributed by atoms with Crippen LogP contribution in [0.2, 0.25) is 0 Å². The van der Waals surface area contributed by atoms with Crippen molar-refractivity contribution in [3.63, 3.8) is 0 Å². The Kier molecular flexibility index (Phi) is 3.67. The van der Waals surface area contributed by atoms with Crippen LogP contribution >= 0.6 is 0 Å². The van der Waals surface area contributed by atoms with Crippen molar-refractivity contribution >= 4 is 5.69 Å². The first-order valence-electron chi connectivity index (χ1n) is 5.25. The molecule has 0 fully saturated rings. The fraction of sp³-hybridized carbons (Fsp3) is 0.154. The van der Waals surface area contributed by atoms with Crippen molar-refractivity contribution in [2.45, 2.75) is 13.2 Å². The minimum Gasteiger partial charge on any atom is -0.399 e. The summed E-state index contributed by atoms with van der Waals surface area (Å²) in [5.74, 6) is -0.349. The average molecular weight is 232 g/mol. The van der Waals surface area contributed by atoms with Crippen LogP contribution in [0.15, 0.2) is 42.7 Å². The lowest BCUT2D eigenvalue weighted by Crippen LogP contribution is -1.96. The Morgan fingerprint density at radius 3 is 2.47 bits per heavy atom. The fourth-order valence-corrected chi connectivity index (χ4v) is 1.44. The molecule has 0 saturated carbocycles. The van der Waals surface area contributed by atoms with Crippen LogP contribution in [0.3, 0.4) is 0 Å². The van der Waals surface area contributed by atoms with Gasteiger partial charge in [0.2, 0.25) is 0 Å². The van der Waals surface area contributed by atoms with E-state index < -0.39 is 0 Å². The van der Waals surface area contributed by atoms with E-state index in [-0.39, 0.29) is 5.82 Å². The number of ether oxygens (including phenoxy) is 1. The van der Waals surface area contributed by atoms with Crippen LogP contribution in [-0.2, 0) is 18.0 Å². The summed E-state index contributed by atoms with van der Waals surface area (Å²) in [6.45, 7) is 0.811. The molecular formula is C13H13FN2O. The van der Waals surface area contributed by atoms with Gasteiger partial charge in [0, 0.05) is 11.9 Å². The zero-order valence-corrected chi connectivity index (χ0v) is 9.27. The third-order valence-electron chi connectivity index (χ3n) is 2.28. The highest BCUT2D eigenvalue weighted by Crippen LogP contribution is 2.08. The second kappa shape index (κ2) is 5.41. The van der Waals surface area contributed by atoms with E-state index in [2.05, 4.69) is 4.98 Å². The molecule has 0 atom stereocenters. The summed E-state index contributed by atoms with van der Waals surface area (Å²) in [5.41, 5.74) is 8.05. The topological polar surface area (TPSA) is 48.1 Å². The van der Waals surface area contributed by atoms with E-state index in [1.54, 1.807) is 6.20 Å². The molecule has 2 N–H and O–H groups in total. The Morgan fingerprint density at radius 1 is 1.06 bits per heavy atom. The average Bonchev–Trinajstić information content (AvgIpc) is 2.32. The summed E-state index contributed by atoms with van der Waals surface area (Å²) in [4.78, 5) is 3.75. The molecule has 0 radical (unpaired) electrons. The molecule has 1 aromatic carbocycles. The van der Waals surface area contributed by atoms with Gasteiger partial charge in [0.25, 0.3) is 0 Å². The second-order valence-electron chi connectivity index (χ2n) is 3.75. The summed E-state index contributed by atoms with van der Waals surface area (Å²) < 4.78 is 18.3. The molecule has 0 aliphatic carbocycles. The van der Waals surface area contributed by atoms with Gasteiger partial charge in [0.1, 0.15) is 5.82 Å². The minimum atomic E-state index is -0.349. The number of rotatable bonds is 4. The van der Waals surface area contributed by atoms with Crippen molar-refractivity contribution in [1.82, 2.24) is 4.98 Å². The van der Waals surface area contributed by atoms with Crippen LogP contribution in [0.25, 0.3) is 0 Å². The van der Waals surface area contributed by atoms with E-state index in [0.29, 0.717) is 13.2 Å². The lowest BCUT2D eigenvalue weighted by Gasteiger charge is -2.04. The molecule has 0 saturated heterocycles. The first-order valence-corrected chi connectivity index (χ1v) is 5.25. The summed E-state index contributed by atoms with van der Waals surface area (Å²) in [5, 5.41) is 0. The lowest BCUT2D eigenvalue weighted by atomic mass is 10.2. The number of pyridine rings is 1. The number of nitrogens with two attached hydrogens (primary N) is 1. The van der Waals surface area contributed by atoms with Crippen molar-refractivity contribution in [1.29, 1.82) is 0 Å². The molecule has 88 valence electrons. The number of halogens is 1. The van der Waals surface area contributed by atoms with Crippen molar-refractivity contribution < 1.29 is 9.13 Å². The highest BCUT2D eigenvalue weighted by molar-refractivity contribution is 5.39. The molecule has 1 heterocycles. The standard InChI is InChI=1S/C13H13FN2O/c14-12-5-11(6-16-7-12)9-17-8-10-1-3-13(15)4-2-10/h1-7H,8-9,15H2. The monoisotopic (exact) mass is 232 g/mol. The van der Waals surface area contributed by atoms with Gasteiger partial charge in [-0.25, -0.2) is 4.39 Å². The third kappa shape index (κ3) is 3.53. The van der Waals surface area contributed by atoms with Crippen LogP contribution in [0.5, 0.6) is 0 Å². The van der Waals surface area contributed by atoms with Gasteiger partial charge in [-0.2, -0.15) is 0 Å². The maximum Gasteiger partial charge on any atom is 0.141 e. The maximum absolute atomic E-state index is 12.8. The zero-order valence-electron chi connectivity index (χ0n) is 9.27. The van der Waals surface area contributed by atoms with Gasteiger partial charge in [-0.05, 0) is 29.3 Å². The SMILES string of the molecule is Nc1ccc(COCc2cncc(F)c2)cc1. The van der Waals surface area contributed by atoms with Crippen molar-refractivity contribution in [2.24, 2.45) is 0 Å². The summed E-state index contributed by atoms with van der Waals surface area (Å²) in [6, 6.07) is 8.86. The van der Waals surface area contributed by atoms with Crippen LogP contribution in [0, 0.1) is 5.82 Å². The molecular weight excluding hydrogens is 219 g/mol. The molecule has 0 spiro atoms. The number of benzene rings is 1. The highest BCUT2D eigenvalue weighted by Gasteiger charge is 1.97. The Labute approximate surface area is 99.1 Å². The quantitative estimate of drug-likeness (QED) is 0.824. The van der Waals surface area contributed by atoms with Gasteiger partial charge in [0.15, 0.2) is 0 Å². The van der Waals surface area contributed by atoms with E-state index in [9.17, 15) is 4.39 Å². The summed E-state index contributed by atoms with van der Waals surface area (Å²) >= 11 is 0. The smallest absolute Gasteiger partial charge is 0.141 e. The Hall–Kier alpha value is -1.94. The van der Waals surface area contributed by atoms with Gasteiger partial charge in [0.05, 0.1) is 19.4 Å². The molecule has 2 rings (SSSR count). The predicted molar refractivity (Wildman–Crippen MR) is 63.5 cm³/mol. The normalized spacial score (nSPS) is 10.4. The van der Waals surface area contributed by atoms with Crippen molar-refractivity contribution in [2.75, 3.05) is 5.73 Å². The van der Waals surface area contributed by atoms with Gasteiger partial charge >= 0.3 is 0 Å². The van der Waals surface area contributed by atoms with Gasteiger partial charge in [-0.15, -0.1) is 0 Å². The predicted octanol–water partition coefficient (Wildman–Crippen LogP) is 2.52. The van der Waals surface area contributed by atoms with Crippen molar-refractivity contribution in [3.05, 3.63) is 59.7 Å². The van der Waals surface area contributed by atoms with E-state index in [0.717, 1.165) is 16.8 Å². The van der Waals surface area contributed by atoms with Crippen LogP contribution in [0.1, 0.15) is 11.1 Å². The maximum atomic E-state index is 12.8. The van der Waals surface area contributed by atoms with E-state index >= 15 is 0 Å². The molecule has 0 amide bonds. The molecule has 17 heavy (non-hydrogen) atoms. The van der Waals surface area contributed by atoms with E-state index in [1.807, 2.05) is 24.3 Å². The van der Waals surface area contributed by atoms with Crippen LogP contribution in [0.4, 0.5) is 10.1 Å².